The van der Waals surface area contributed by atoms with Gasteiger partial charge in [0.25, 0.3) is 0 Å². The molecule has 20 heavy (non-hydrogen) atoms. The van der Waals surface area contributed by atoms with Crippen LogP contribution in [0.1, 0.15) is 24.0 Å². The Morgan fingerprint density at radius 2 is 2.20 bits per heavy atom. The Hall–Kier alpha value is -2.43. The molecule has 0 bridgehead atoms. The monoisotopic (exact) mass is 268 g/mol. The van der Waals surface area contributed by atoms with Gasteiger partial charge in [-0.3, -0.25) is 9.48 Å². The fourth-order valence-electron chi connectivity index (χ4n) is 1.91. The van der Waals surface area contributed by atoms with E-state index in [1.165, 1.54) is 5.56 Å². The van der Waals surface area contributed by atoms with Crippen LogP contribution >= 0.6 is 0 Å². The van der Waals surface area contributed by atoms with Crippen LogP contribution in [0.3, 0.4) is 0 Å². The lowest BCUT2D eigenvalue weighted by atomic mass is 10.2. The van der Waals surface area contributed by atoms with Crippen molar-refractivity contribution in [3.63, 3.8) is 0 Å². The molecule has 1 saturated carbocycles. The van der Waals surface area contributed by atoms with Gasteiger partial charge in [-0.25, -0.2) is 5.43 Å². The average Bonchev–Trinajstić information content (AvgIpc) is 3.23. The van der Waals surface area contributed by atoms with Gasteiger partial charge in [-0.2, -0.15) is 10.2 Å². The van der Waals surface area contributed by atoms with Gasteiger partial charge in [0.1, 0.15) is 0 Å². The van der Waals surface area contributed by atoms with Crippen LogP contribution in [0.4, 0.5) is 0 Å². The maximum atomic E-state index is 11.4. The number of hydrogen-bond donors (Lipinski definition) is 1. The van der Waals surface area contributed by atoms with Crippen LogP contribution in [0.5, 0.6) is 0 Å². The van der Waals surface area contributed by atoms with E-state index in [-0.39, 0.29) is 11.8 Å². The topological polar surface area (TPSA) is 59.3 Å². The number of rotatable bonds is 5. The summed E-state index contributed by atoms with van der Waals surface area (Å²) in [5.41, 5.74) is 4.61. The molecule has 102 valence electrons. The maximum Gasteiger partial charge on any atom is 0.243 e. The second kappa shape index (κ2) is 5.69. The van der Waals surface area contributed by atoms with Gasteiger partial charge in [-0.1, -0.05) is 30.3 Å². The van der Waals surface area contributed by atoms with Crippen molar-refractivity contribution in [3.8, 4) is 0 Å². The first-order valence-electron chi connectivity index (χ1n) is 6.70. The van der Waals surface area contributed by atoms with Crippen LogP contribution in [0.25, 0.3) is 0 Å². The number of nitrogens with zero attached hydrogens (tertiary/aromatic N) is 3. The molecule has 0 spiro atoms. The van der Waals surface area contributed by atoms with Crippen molar-refractivity contribution in [2.45, 2.75) is 19.4 Å². The molecule has 3 rings (SSSR count). The summed E-state index contributed by atoms with van der Waals surface area (Å²) in [6.45, 7) is 0.725. The van der Waals surface area contributed by atoms with Crippen molar-refractivity contribution in [3.05, 3.63) is 53.9 Å². The van der Waals surface area contributed by atoms with Crippen LogP contribution in [0.2, 0.25) is 0 Å². The molecule has 0 aliphatic heterocycles. The van der Waals surface area contributed by atoms with Crippen LogP contribution in [0.15, 0.2) is 47.8 Å². The first-order valence-corrected chi connectivity index (χ1v) is 6.70. The Labute approximate surface area is 117 Å². The van der Waals surface area contributed by atoms with E-state index in [9.17, 15) is 4.79 Å². The van der Waals surface area contributed by atoms with Crippen molar-refractivity contribution >= 4 is 12.1 Å². The SMILES string of the molecule is O=C(N/N=C\c1cnn(Cc2ccccc2)c1)C1CC1. The normalized spacial score (nSPS) is 14.6. The standard InChI is InChI=1S/C15H16N4O/c20-15(14-6-7-14)18-16-8-13-9-17-19(11-13)10-12-4-2-1-3-5-12/h1-5,8-9,11,14H,6-7,10H2,(H,18,20)/b16-8-. The van der Waals surface area contributed by atoms with E-state index in [2.05, 4.69) is 27.8 Å². The first kappa shape index (κ1) is 12.6. The highest BCUT2D eigenvalue weighted by Crippen LogP contribution is 2.28. The summed E-state index contributed by atoms with van der Waals surface area (Å²) >= 11 is 0. The molecule has 0 radical (unpaired) electrons. The van der Waals surface area contributed by atoms with Crippen LogP contribution in [-0.2, 0) is 11.3 Å². The number of nitrogens with one attached hydrogen (secondary N) is 1. The van der Waals surface area contributed by atoms with Gasteiger partial charge in [-0.05, 0) is 18.4 Å². The van der Waals surface area contributed by atoms with E-state index in [1.54, 1.807) is 12.4 Å². The minimum absolute atomic E-state index is 0.0120. The summed E-state index contributed by atoms with van der Waals surface area (Å²) in [5, 5.41) is 8.21. The molecular weight excluding hydrogens is 252 g/mol. The lowest BCUT2D eigenvalue weighted by Crippen LogP contribution is -2.18. The van der Waals surface area contributed by atoms with E-state index >= 15 is 0 Å². The Morgan fingerprint density at radius 1 is 1.40 bits per heavy atom. The third-order valence-electron chi connectivity index (χ3n) is 3.18. The third kappa shape index (κ3) is 3.32. The van der Waals surface area contributed by atoms with Crippen LogP contribution in [-0.4, -0.2) is 21.9 Å². The molecule has 5 heteroatoms. The number of amides is 1. The fraction of sp³-hybridized carbons (Fsp3) is 0.267. The molecule has 1 fully saturated rings. The first-order chi connectivity index (χ1) is 9.81. The summed E-state index contributed by atoms with van der Waals surface area (Å²) in [6, 6.07) is 10.1. The molecular formula is C15H16N4O. The zero-order valence-corrected chi connectivity index (χ0v) is 11.1. The Kier molecular flexibility index (Phi) is 3.58. The minimum Gasteiger partial charge on any atom is -0.273 e. The van der Waals surface area contributed by atoms with Crippen molar-refractivity contribution < 1.29 is 4.79 Å². The van der Waals surface area contributed by atoms with E-state index < -0.39 is 0 Å². The molecule has 2 aromatic rings. The van der Waals surface area contributed by atoms with Crippen LogP contribution < -0.4 is 5.43 Å². The molecule has 1 aliphatic rings. The zero-order valence-electron chi connectivity index (χ0n) is 11.1. The average molecular weight is 268 g/mol. The predicted octanol–water partition coefficient (Wildman–Crippen LogP) is 1.79. The second-order valence-electron chi connectivity index (χ2n) is 4.97. The highest BCUT2D eigenvalue weighted by Gasteiger charge is 2.29. The highest BCUT2D eigenvalue weighted by atomic mass is 16.2. The van der Waals surface area contributed by atoms with Gasteiger partial charge >= 0.3 is 0 Å². The minimum atomic E-state index is 0.0120. The third-order valence-corrected chi connectivity index (χ3v) is 3.18. The smallest absolute Gasteiger partial charge is 0.243 e. The van der Waals surface area contributed by atoms with Gasteiger partial charge in [0, 0.05) is 17.7 Å². The molecule has 0 unspecified atom stereocenters. The molecule has 5 nitrogen and oxygen atoms in total. The molecule has 1 heterocycles. The van der Waals surface area contributed by atoms with Crippen molar-refractivity contribution in [1.29, 1.82) is 0 Å². The number of carbonyl (C=O) groups excluding carboxylic acids is 1. The largest absolute Gasteiger partial charge is 0.273 e. The Balaban J connectivity index is 1.56. The highest BCUT2D eigenvalue weighted by molar-refractivity contribution is 5.84. The van der Waals surface area contributed by atoms with E-state index in [0.29, 0.717) is 0 Å². The summed E-state index contributed by atoms with van der Waals surface area (Å²) in [5.74, 6) is 0.186. The molecule has 1 aromatic carbocycles. The van der Waals surface area contributed by atoms with E-state index in [4.69, 9.17) is 0 Å². The summed E-state index contributed by atoms with van der Waals surface area (Å²) < 4.78 is 1.85. The number of hydrogen-bond acceptors (Lipinski definition) is 3. The number of carbonyl (C=O) groups is 1. The second-order valence-corrected chi connectivity index (χ2v) is 4.97. The molecule has 1 N–H and O–H groups in total. The van der Waals surface area contributed by atoms with Gasteiger partial charge < -0.3 is 0 Å². The lowest BCUT2D eigenvalue weighted by Gasteiger charge is -2.00. The Bertz CT molecular complexity index is 614. The van der Waals surface area contributed by atoms with Crippen LogP contribution in [0, 0.1) is 5.92 Å². The van der Waals surface area contributed by atoms with E-state index in [1.807, 2.05) is 29.1 Å². The summed E-state index contributed by atoms with van der Waals surface area (Å²) in [7, 11) is 0. The zero-order chi connectivity index (χ0) is 13.8. The van der Waals surface area contributed by atoms with E-state index in [0.717, 1.165) is 24.9 Å². The summed E-state index contributed by atoms with van der Waals surface area (Å²) in [6.07, 6.45) is 7.22. The molecule has 0 saturated heterocycles. The molecule has 0 atom stereocenters. The maximum absolute atomic E-state index is 11.4. The fourth-order valence-corrected chi connectivity index (χ4v) is 1.91. The quantitative estimate of drug-likeness (QED) is 0.664. The Morgan fingerprint density at radius 3 is 2.95 bits per heavy atom. The van der Waals surface area contributed by atoms with Crippen molar-refractivity contribution in [2.75, 3.05) is 0 Å². The van der Waals surface area contributed by atoms with Gasteiger partial charge in [0.05, 0.1) is 19.0 Å². The lowest BCUT2D eigenvalue weighted by molar-refractivity contribution is -0.122. The number of aromatic nitrogens is 2. The van der Waals surface area contributed by atoms with Gasteiger partial charge in [-0.15, -0.1) is 0 Å². The van der Waals surface area contributed by atoms with Gasteiger partial charge in [0.2, 0.25) is 5.91 Å². The van der Waals surface area contributed by atoms with Gasteiger partial charge in [0.15, 0.2) is 0 Å². The molecule has 1 amide bonds. The molecule has 1 aliphatic carbocycles. The van der Waals surface area contributed by atoms with Crippen molar-refractivity contribution in [2.24, 2.45) is 11.0 Å². The predicted molar refractivity (Wildman–Crippen MR) is 76.2 cm³/mol. The molecule has 1 aromatic heterocycles. The van der Waals surface area contributed by atoms with Crippen molar-refractivity contribution in [1.82, 2.24) is 15.2 Å². The summed E-state index contributed by atoms with van der Waals surface area (Å²) in [4.78, 5) is 11.4. The number of benzene rings is 1. The number of hydrazone groups is 1.